The highest BCUT2D eigenvalue weighted by Gasteiger charge is 2.18. The zero-order valence-corrected chi connectivity index (χ0v) is 16.4. The molecular weight excluding hydrogens is 379 g/mol. The molecule has 0 saturated carbocycles. The van der Waals surface area contributed by atoms with Gasteiger partial charge in [0.1, 0.15) is 11.6 Å². The molecule has 30 heavy (non-hydrogen) atoms. The number of halogens is 1. The molecule has 0 atom stereocenters. The van der Waals surface area contributed by atoms with E-state index in [-0.39, 0.29) is 11.6 Å². The molecule has 4 aromatic rings. The molecule has 6 heteroatoms. The third-order valence-corrected chi connectivity index (χ3v) is 5.62. The largest absolute Gasteiger partial charge is 0.319 e. The van der Waals surface area contributed by atoms with Gasteiger partial charge in [0.15, 0.2) is 5.82 Å². The number of hydrogen-bond donors (Lipinski definition) is 1. The number of carbonyl (C=O) groups is 1. The van der Waals surface area contributed by atoms with E-state index in [1.807, 2.05) is 36.4 Å². The van der Waals surface area contributed by atoms with Crippen molar-refractivity contribution in [2.75, 3.05) is 5.32 Å². The number of amides is 1. The number of hydrogen-bond acceptors (Lipinski definition) is 3. The quantitative estimate of drug-likeness (QED) is 0.513. The van der Waals surface area contributed by atoms with Crippen molar-refractivity contribution >= 4 is 22.4 Å². The predicted octanol–water partition coefficient (Wildman–Crippen LogP) is 5.22. The summed E-state index contributed by atoms with van der Waals surface area (Å²) in [5.74, 6) is 0.853. The summed E-state index contributed by atoms with van der Waals surface area (Å²) in [5.41, 5.74) is 1.39. The van der Waals surface area contributed by atoms with E-state index in [1.54, 1.807) is 18.2 Å². The van der Waals surface area contributed by atoms with Crippen molar-refractivity contribution in [3.05, 3.63) is 77.9 Å². The molecule has 1 N–H and O–H groups in total. The first-order valence-electron chi connectivity index (χ1n) is 10.2. The van der Waals surface area contributed by atoms with Crippen molar-refractivity contribution in [1.29, 1.82) is 0 Å². The summed E-state index contributed by atoms with van der Waals surface area (Å²) in [4.78, 5) is 12.9. The topological polar surface area (TPSA) is 59.8 Å². The normalized spacial score (nSPS) is 13.6. The Kier molecular flexibility index (Phi) is 4.75. The van der Waals surface area contributed by atoms with Crippen LogP contribution < -0.4 is 5.32 Å². The van der Waals surface area contributed by atoms with Crippen molar-refractivity contribution < 1.29 is 9.18 Å². The Labute approximate surface area is 173 Å². The number of aromatic nitrogens is 3. The van der Waals surface area contributed by atoms with Gasteiger partial charge in [-0.2, -0.15) is 0 Å². The Morgan fingerprint density at radius 3 is 2.77 bits per heavy atom. The number of fused-ring (bicyclic) bond motifs is 2. The van der Waals surface area contributed by atoms with Gasteiger partial charge in [0.25, 0.3) is 5.91 Å². The minimum Gasteiger partial charge on any atom is -0.319 e. The Morgan fingerprint density at radius 2 is 1.83 bits per heavy atom. The van der Waals surface area contributed by atoms with Crippen LogP contribution in [0.2, 0.25) is 0 Å². The van der Waals surface area contributed by atoms with Gasteiger partial charge in [-0.3, -0.25) is 4.79 Å². The van der Waals surface area contributed by atoms with E-state index in [0.29, 0.717) is 11.4 Å². The number of aryl methyl sites for hydroxylation is 1. The SMILES string of the molecule is O=C(Nc1cc(-c2nnc3n2CCCCC3)ccc1F)c1cccc2ccccc12. The lowest BCUT2D eigenvalue weighted by Crippen LogP contribution is -2.13. The molecule has 1 aromatic heterocycles. The average molecular weight is 400 g/mol. The smallest absolute Gasteiger partial charge is 0.256 e. The minimum atomic E-state index is -0.483. The van der Waals surface area contributed by atoms with Gasteiger partial charge in [-0.15, -0.1) is 10.2 Å². The first-order valence-corrected chi connectivity index (χ1v) is 10.2. The summed E-state index contributed by atoms with van der Waals surface area (Å²) in [7, 11) is 0. The number of nitrogens with zero attached hydrogens (tertiary/aromatic N) is 3. The molecule has 1 amide bonds. The van der Waals surface area contributed by atoms with E-state index in [4.69, 9.17) is 0 Å². The zero-order valence-electron chi connectivity index (χ0n) is 16.4. The highest BCUT2D eigenvalue weighted by atomic mass is 19.1. The molecule has 0 spiro atoms. The molecule has 5 nitrogen and oxygen atoms in total. The lowest BCUT2D eigenvalue weighted by Gasteiger charge is -2.11. The lowest BCUT2D eigenvalue weighted by atomic mass is 10.0. The number of carbonyl (C=O) groups excluding carboxylic acids is 1. The van der Waals surface area contributed by atoms with E-state index in [1.165, 1.54) is 12.5 Å². The highest BCUT2D eigenvalue weighted by molar-refractivity contribution is 6.13. The second-order valence-corrected chi connectivity index (χ2v) is 7.58. The molecular formula is C24H21FN4O. The van der Waals surface area contributed by atoms with Crippen LogP contribution in [0.4, 0.5) is 10.1 Å². The predicted molar refractivity (Wildman–Crippen MR) is 115 cm³/mol. The Bertz CT molecular complexity index is 1240. The second kappa shape index (κ2) is 7.71. The van der Waals surface area contributed by atoms with Crippen molar-refractivity contribution in [2.45, 2.75) is 32.2 Å². The summed E-state index contributed by atoms with van der Waals surface area (Å²) in [6.07, 6.45) is 4.25. The number of nitrogens with one attached hydrogen (secondary N) is 1. The van der Waals surface area contributed by atoms with Crippen LogP contribution in [0.3, 0.4) is 0 Å². The molecule has 0 bridgehead atoms. The molecule has 150 valence electrons. The van der Waals surface area contributed by atoms with E-state index in [9.17, 15) is 9.18 Å². The zero-order chi connectivity index (χ0) is 20.5. The van der Waals surface area contributed by atoms with E-state index in [0.717, 1.165) is 48.0 Å². The summed E-state index contributed by atoms with van der Waals surface area (Å²) >= 11 is 0. The van der Waals surface area contributed by atoms with Crippen LogP contribution in [-0.2, 0) is 13.0 Å². The Morgan fingerprint density at radius 1 is 0.967 bits per heavy atom. The van der Waals surface area contributed by atoms with E-state index < -0.39 is 5.82 Å². The van der Waals surface area contributed by atoms with Gasteiger partial charge in [-0.25, -0.2) is 4.39 Å². The first-order chi connectivity index (χ1) is 14.7. The third kappa shape index (κ3) is 3.34. The highest BCUT2D eigenvalue weighted by Crippen LogP contribution is 2.27. The van der Waals surface area contributed by atoms with Crippen LogP contribution in [0.1, 0.15) is 35.4 Å². The molecule has 1 aliphatic heterocycles. The molecule has 2 heterocycles. The maximum Gasteiger partial charge on any atom is 0.256 e. The number of rotatable bonds is 3. The lowest BCUT2D eigenvalue weighted by molar-refractivity contribution is 0.102. The van der Waals surface area contributed by atoms with Gasteiger partial charge < -0.3 is 9.88 Å². The van der Waals surface area contributed by atoms with E-state index >= 15 is 0 Å². The maximum atomic E-state index is 14.5. The molecule has 0 saturated heterocycles. The average Bonchev–Trinajstić information content (AvgIpc) is 3.02. The fraction of sp³-hybridized carbons (Fsp3) is 0.208. The standard InChI is InChI=1S/C24H21FN4O/c25-20-13-12-17(23-28-27-22-11-2-1-5-14-29(22)23)15-21(20)26-24(30)19-10-6-8-16-7-3-4-9-18(16)19/h3-4,6-10,12-13,15H,1-2,5,11,14H2,(H,26,30). The molecule has 1 aliphatic rings. The van der Waals surface area contributed by atoms with Crippen molar-refractivity contribution in [3.63, 3.8) is 0 Å². The molecule has 0 radical (unpaired) electrons. The van der Waals surface area contributed by atoms with Crippen molar-refractivity contribution in [1.82, 2.24) is 14.8 Å². The van der Waals surface area contributed by atoms with E-state index in [2.05, 4.69) is 20.1 Å². The minimum absolute atomic E-state index is 0.136. The van der Waals surface area contributed by atoms with Gasteiger partial charge in [0.05, 0.1) is 5.69 Å². The molecule has 0 unspecified atom stereocenters. The number of benzene rings is 3. The summed E-state index contributed by atoms with van der Waals surface area (Å²) in [6, 6.07) is 17.9. The van der Waals surface area contributed by atoms with Gasteiger partial charge in [0.2, 0.25) is 0 Å². The van der Waals surface area contributed by atoms with Gasteiger partial charge in [-0.1, -0.05) is 42.8 Å². The Hall–Kier alpha value is -3.54. The van der Waals surface area contributed by atoms with Crippen LogP contribution in [0.5, 0.6) is 0 Å². The van der Waals surface area contributed by atoms with Crippen LogP contribution in [0.15, 0.2) is 60.7 Å². The van der Waals surface area contributed by atoms with Crippen LogP contribution in [-0.4, -0.2) is 20.7 Å². The molecule has 0 fully saturated rings. The van der Waals surface area contributed by atoms with Gasteiger partial charge in [0, 0.05) is 24.1 Å². The van der Waals surface area contributed by atoms with Crippen LogP contribution in [0, 0.1) is 5.82 Å². The fourth-order valence-electron chi connectivity index (χ4n) is 4.07. The summed E-state index contributed by atoms with van der Waals surface area (Å²) < 4.78 is 16.7. The monoisotopic (exact) mass is 400 g/mol. The second-order valence-electron chi connectivity index (χ2n) is 7.58. The van der Waals surface area contributed by atoms with Crippen molar-refractivity contribution in [3.8, 4) is 11.4 Å². The molecule has 0 aliphatic carbocycles. The summed E-state index contributed by atoms with van der Waals surface area (Å²) in [5, 5.41) is 13.2. The van der Waals surface area contributed by atoms with Gasteiger partial charge in [-0.05, 0) is 47.9 Å². The first kappa shape index (κ1) is 18.5. The third-order valence-electron chi connectivity index (χ3n) is 5.62. The van der Waals surface area contributed by atoms with Gasteiger partial charge >= 0.3 is 0 Å². The van der Waals surface area contributed by atoms with Crippen molar-refractivity contribution in [2.24, 2.45) is 0 Å². The Balaban J connectivity index is 1.49. The molecule has 3 aromatic carbocycles. The number of anilines is 1. The van der Waals surface area contributed by atoms with Crippen LogP contribution in [0.25, 0.3) is 22.2 Å². The maximum absolute atomic E-state index is 14.5. The molecule has 5 rings (SSSR count). The summed E-state index contributed by atoms with van der Waals surface area (Å²) in [6.45, 7) is 0.854. The van der Waals surface area contributed by atoms with Crippen LogP contribution >= 0.6 is 0 Å². The fourth-order valence-corrected chi connectivity index (χ4v) is 4.07.